The van der Waals surface area contributed by atoms with Crippen LogP contribution in [0.2, 0.25) is 5.15 Å². The predicted octanol–water partition coefficient (Wildman–Crippen LogP) is 7.79. The van der Waals surface area contributed by atoms with Crippen LogP contribution in [0.1, 0.15) is 33.6 Å². The van der Waals surface area contributed by atoms with E-state index in [1.165, 1.54) is 23.9 Å². The van der Waals surface area contributed by atoms with Crippen LogP contribution in [-0.4, -0.2) is 25.8 Å². The largest absolute Gasteiger partial charge is 0.391 e. The Bertz CT molecular complexity index is 1620. The predicted molar refractivity (Wildman–Crippen MR) is 154 cm³/mol. The van der Waals surface area contributed by atoms with E-state index in [0.29, 0.717) is 5.15 Å². The highest BCUT2D eigenvalue weighted by Gasteiger charge is 2.18. The van der Waals surface area contributed by atoms with Gasteiger partial charge in [-0.2, -0.15) is 10.2 Å². The van der Waals surface area contributed by atoms with Gasteiger partial charge in [-0.3, -0.25) is 0 Å². The molecule has 0 atom stereocenters. The third kappa shape index (κ3) is 5.92. The fourth-order valence-corrected chi connectivity index (χ4v) is 5.35. The van der Waals surface area contributed by atoms with Crippen molar-refractivity contribution in [1.29, 1.82) is 0 Å². The Labute approximate surface area is 236 Å². The van der Waals surface area contributed by atoms with Crippen molar-refractivity contribution in [3.63, 3.8) is 0 Å². The summed E-state index contributed by atoms with van der Waals surface area (Å²) in [7, 11) is 0. The van der Waals surface area contributed by atoms with Crippen molar-refractivity contribution in [2.24, 2.45) is 5.16 Å². The van der Waals surface area contributed by atoms with Gasteiger partial charge in [-0.15, -0.1) is 0 Å². The number of hydrogen-bond donors (Lipinski definition) is 0. The zero-order valence-corrected chi connectivity index (χ0v) is 23.6. The lowest BCUT2D eigenvalue weighted by molar-refractivity contribution is 0.131. The SMILES string of the molecule is Cc1ccc(-n2nc(C)c(CO/N=C/c3c(C)nn(-c4ccc(C)cc4)c3Sc3ccc(F)cc3)c2Cl)cc1. The van der Waals surface area contributed by atoms with E-state index >= 15 is 0 Å². The molecule has 0 fully saturated rings. The molecule has 0 unspecified atom stereocenters. The molecule has 0 N–H and O–H groups in total. The third-order valence-corrected chi connectivity index (χ3v) is 7.72. The molecule has 0 aliphatic heterocycles. The molecule has 39 heavy (non-hydrogen) atoms. The maximum Gasteiger partial charge on any atom is 0.147 e. The standard InChI is InChI=1S/C30H27ClFN5OS/c1-19-5-11-24(12-6-19)36-29(31)28(22(4)34-36)18-38-33-17-27-21(3)35-37(25-13-7-20(2)8-14-25)30(27)39-26-15-9-23(32)10-16-26/h5-17H,18H2,1-4H3/b33-17+. The highest BCUT2D eigenvalue weighted by atomic mass is 35.5. The fraction of sp³-hybridized carbons (Fsp3) is 0.167. The molecule has 6 nitrogen and oxygen atoms in total. The van der Waals surface area contributed by atoms with E-state index in [9.17, 15) is 4.39 Å². The third-order valence-electron chi connectivity index (χ3n) is 6.23. The van der Waals surface area contributed by atoms with Gasteiger partial charge in [0, 0.05) is 4.90 Å². The molecule has 0 saturated carbocycles. The molecule has 198 valence electrons. The van der Waals surface area contributed by atoms with E-state index < -0.39 is 0 Å². The van der Waals surface area contributed by atoms with Crippen molar-refractivity contribution in [3.8, 4) is 11.4 Å². The highest BCUT2D eigenvalue weighted by molar-refractivity contribution is 7.99. The molecule has 5 aromatic rings. The van der Waals surface area contributed by atoms with Crippen LogP contribution in [0, 0.1) is 33.5 Å². The summed E-state index contributed by atoms with van der Waals surface area (Å²) in [6, 6.07) is 22.5. The molecule has 0 aliphatic carbocycles. The summed E-state index contributed by atoms with van der Waals surface area (Å²) in [5.41, 5.74) is 7.25. The molecule has 3 aromatic carbocycles. The van der Waals surface area contributed by atoms with Crippen LogP contribution in [0.15, 0.2) is 87.9 Å². The van der Waals surface area contributed by atoms with Crippen molar-refractivity contribution in [3.05, 3.63) is 117 Å². The normalized spacial score (nSPS) is 11.4. The molecule has 2 aromatic heterocycles. The van der Waals surface area contributed by atoms with Gasteiger partial charge in [0.1, 0.15) is 22.6 Å². The lowest BCUT2D eigenvalue weighted by atomic mass is 10.2. The van der Waals surface area contributed by atoms with Crippen molar-refractivity contribution in [2.45, 2.75) is 44.2 Å². The molecule has 2 heterocycles. The van der Waals surface area contributed by atoms with E-state index in [1.54, 1.807) is 23.0 Å². The summed E-state index contributed by atoms with van der Waals surface area (Å²) in [6.45, 7) is 8.06. The summed E-state index contributed by atoms with van der Waals surface area (Å²) in [5, 5.41) is 15.0. The second-order valence-electron chi connectivity index (χ2n) is 9.22. The second kappa shape index (κ2) is 11.5. The Morgan fingerprint density at radius 2 is 1.38 bits per heavy atom. The van der Waals surface area contributed by atoms with Gasteiger partial charge in [0.05, 0.1) is 40.1 Å². The summed E-state index contributed by atoms with van der Waals surface area (Å²) < 4.78 is 17.1. The first-order valence-electron chi connectivity index (χ1n) is 12.4. The number of nitrogens with zero attached hydrogens (tertiary/aromatic N) is 5. The van der Waals surface area contributed by atoms with Crippen LogP contribution in [-0.2, 0) is 11.4 Å². The molecule has 0 amide bonds. The van der Waals surface area contributed by atoms with Gasteiger partial charge in [0.25, 0.3) is 0 Å². The summed E-state index contributed by atoms with van der Waals surface area (Å²) in [5.74, 6) is -0.280. The summed E-state index contributed by atoms with van der Waals surface area (Å²) in [6.07, 6.45) is 1.66. The number of aromatic nitrogens is 4. The zero-order valence-electron chi connectivity index (χ0n) is 22.0. The lowest BCUT2D eigenvalue weighted by Gasteiger charge is -2.09. The Kier molecular flexibility index (Phi) is 7.86. The van der Waals surface area contributed by atoms with E-state index in [-0.39, 0.29) is 12.4 Å². The van der Waals surface area contributed by atoms with Gasteiger partial charge < -0.3 is 4.84 Å². The minimum atomic E-state index is -0.280. The van der Waals surface area contributed by atoms with Gasteiger partial charge in [-0.05, 0) is 76.2 Å². The minimum Gasteiger partial charge on any atom is -0.391 e. The molecule has 0 aliphatic rings. The van der Waals surface area contributed by atoms with Crippen molar-refractivity contribution in [2.75, 3.05) is 0 Å². The molecule has 9 heteroatoms. The first-order chi connectivity index (χ1) is 18.8. The fourth-order valence-electron chi connectivity index (χ4n) is 3.98. The zero-order chi connectivity index (χ0) is 27.5. The van der Waals surface area contributed by atoms with Gasteiger partial charge in [-0.25, -0.2) is 13.8 Å². The van der Waals surface area contributed by atoms with Crippen LogP contribution < -0.4 is 0 Å². The lowest BCUT2D eigenvalue weighted by Crippen LogP contribution is -1.99. The molecule has 0 radical (unpaired) electrons. The number of halogens is 2. The molecule has 0 spiro atoms. The van der Waals surface area contributed by atoms with Gasteiger partial charge >= 0.3 is 0 Å². The Balaban J connectivity index is 1.40. The Hall–Kier alpha value is -3.88. The minimum absolute atomic E-state index is 0.165. The van der Waals surface area contributed by atoms with Crippen molar-refractivity contribution >= 4 is 29.6 Å². The van der Waals surface area contributed by atoms with E-state index in [2.05, 4.69) is 10.3 Å². The molecule has 5 rings (SSSR count). The first kappa shape index (κ1) is 26.7. The maximum absolute atomic E-state index is 13.5. The summed E-state index contributed by atoms with van der Waals surface area (Å²) in [4.78, 5) is 6.58. The van der Waals surface area contributed by atoms with Crippen LogP contribution in [0.4, 0.5) is 4.39 Å². The van der Waals surface area contributed by atoms with Crippen molar-refractivity contribution < 1.29 is 9.23 Å². The van der Waals surface area contributed by atoms with Crippen molar-refractivity contribution in [1.82, 2.24) is 19.6 Å². The number of hydrogen-bond acceptors (Lipinski definition) is 5. The quantitative estimate of drug-likeness (QED) is 0.144. The number of aryl methyl sites for hydroxylation is 4. The van der Waals surface area contributed by atoms with Gasteiger partial charge in [-0.1, -0.05) is 63.9 Å². The monoisotopic (exact) mass is 559 g/mol. The Morgan fingerprint density at radius 3 is 2.00 bits per heavy atom. The maximum atomic E-state index is 13.5. The topological polar surface area (TPSA) is 57.2 Å². The van der Waals surface area contributed by atoms with Crippen LogP contribution in [0.5, 0.6) is 0 Å². The number of oxime groups is 1. The van der Waals surface area contributed by atoms with Crippen LogP contribution >= 0.6 is 23.4 Å². The van der Waals surface area contributed by atoms with E-state index in [0.717, 1.165) is 54.9 Å². The average Bonchev–Trinajstić information content (AvgIpc) is 3.38. The van der Waals surface area contributed by atoms with Gasteiger partial charge in [0.2, 0.25) is 0 Å². The average molecular weight is 560 g/mol. The van der Waals surface area contributed by atoms with E-state index in [4.69, 9.17) is 21.5 Å². The molecule has 0 saturated heterocycles. The molecular weight excluding hydrogens is 533 g/mol. The van der Waals surface area contributed by atoms with Crippen LogP contribution in [0.25, 0.3) is 11.4 Å². The number of benzene rings is 3. The van der Waals surface area contributed by atoms with Crippen LogP contribution in [0.3, 0.4) is 0 Å². The molecular formula is C30H27ClFN5OS. The van der Waals surface area contributed by atoms with E-state index in [1.807, 2.05) is 80.9 Å². The summed E-state index contributed by atoms with van der Waals surface area (Å²) >= 11 is 8.14. The highest BCUT2D eigenvalue weighted by Crippen LogP contribution is 2.33. The van der Waals surface area contributed by atoms with Gasteiger partial charge in [0.15, 0.2) is 0 Å². The Morgan fingerprint density at radius 1 is 0.821 bits per heavy atom. The molecule has 0 bridgehead atoms. The first-order valence-corrected chi connectivity index (χ1v) is 13.6. The smallest absolute Gasteiger partial charge is 0.147 e. The number of rotatable bonds is 8. The second-order valence-corrected chi connectivity index (χ2v) is 10.6.